The van der Waals surface area contributed by atoms with Gasteiger partial charge in [-0.1, -0.05) is 54.4 Å². The predicted molar refractivity (Wildman–Crippen MR) is 133 cm³/mol. The number of aromatic nitrogens is 2. The molecule has 1 aromatic heterocycles. The van der Waals surface area contributed by atoms with Crippen LogP contribution in [-0.2, 0) is 0 Å². The molecule has 0 saturated heterocycles. The van der Waals surface area contributed by atoms with Gasteiger partial charge in [-0.2, -0.15) is 0 Å². The van der Waals surface area contributed by atoms with Crippen LogP contribution < -0.4 is 5.56 Å². The van der Waals surface area contributed by atoms with Gasteiger partial charge in [0.05, 0.1) is 22.6 Å². The van der Waals surface area contributed by atoms with Crippen molar-refractivity contribution in [2.24, 2.45) is 0 Å². The summed E-state index contributed by atoms with van der Waals surface area (Å²) in [6.07, 6.45) is 0.775. The van der Waals surface area contributed by atoms with E-state index in [-0.39, 0.29) is 11.5 Å². The van der Waals surface area contributed by atoms with Gasteiger partial charge in [-0.15, -0.1) is 0 Å². The summed E-state index contributed by atoms with van der Waals surface area (Å²) in [4.78, 5) is 33.7. The zero-order valence-electron chi connectivity index (χ0n) is 19.0. The molecule has 1 unspecified atom stereocenters. The van der Waals surface area contributed by atoms with Gasteiger partial charge in [0, 0.05) is 17.1 Å². The Kier molecular flexibility index (Phi) is 6.61. The van der Waals surface area contributed by atoms with E-state index in [0.717, 1.165) is 12.0 Å². The number of nitrogens with zero attached hydrogens (tertiary/aromatic N) is 3. The second-order valence-electron chi connectivity index (χ2n) is 8.15. The molecule has 0 aliphatic carbocycles. The molecule has 3 aromatic carbocycles. The van der Waals surface area contributed by atoms with Gasteiger partial charge in [0.25, 0.3) is 11.5 Å². The Morgan fingerprint density at radius 1 is 1.06 bits per heavy atom. The number of para-hydroxylation sites is 1. The molecule has 0 saturated carbocycles. The van der Waals surface area contributed by atoms with Crippen molar-refractivity contribution in [2.75, 3.05) is 6.54 Å². The number of fused-ring (bicyclic) bond motifs is 1. The molecule has 168 valence electrons. The Hall–Kier alpha value is -3.44. The number of benzene rings is 3. The summed E-state index contributed by atoms with van der Waals surface area (Å²) in [6, 6.07) is 21.5. The lowest BCUT2D eigenvalue weighted by Gasteiger charge is -2.30. The lowest BCUT2D eigenvalue weighted by atomic mass is 10.1. The molecule has 0 fully saturated rings. The van der Waals surface area contributed by atoms with Crippen molar-refractivity contribution < 1.29 is 4.79 Å². The number of hydrogen-bond donors (Lipinski definition) is 0. The second-order valence-corrected chi connectivity index (χ2v) is 8.58. The van der Waals surface area contributed by atoms with Gasteiger partial charge in [-0.05, 0) is 62.7 Å². The van der Waals surface area contributed by atoms with Crippen LogP contribution in [0.15, 0.2) is 77.6 Å². The van der Waals surface area contributed by atoms with Crippen LogP contribution in [0.25, 0.3) is 16.6 Å². The zero-order valence-corrected chi connectivity index (χ0v) is 19.7. The van der Waals surface area contributed by atoms with Crippen LogP contribution in [0.5, 0.6) is 0 Å². The highest BCUT2D eigenvalue weighted by molar-refractivity contribution is 6.30. The maximum absolute atomic E-state index is 13.6. The van der Waals surface area contributed by atoms with Crippen molar-refractivity contribution >= 4 is 28.4 Å². The largest absolute Gasteiger partial charge is 0.329 e. The molecule has 0 radical (unpaired) electrons. The summed E-state index contributed by atoms with van der Waals surface area (Å²) in [7, 11) is 0. The fraction of sp³-hybridized carbons (Fsp3) is 0.222. The first-order valence-electron chi connectivity index (χ1n) is 11.1. The van der Waals surface area contributed by atoms with Gasteiger partial charge in [0.15, 0.2) is 0 Å². The van der Waals surface area contributed by atoms with E-state index in [9.17, 15) is 9.59 Å². The highest BCUT2D eigenvalue weighted by atomic mass is 35.5. The highest BCUT2D eigenvalue weighted by Crippen LogP contribution is 2.25. The molecule has 1 amide bonds. The van der Waals surface area contributed by atoms with Gasteiger partial charge < -0.3 is 4.90 Å². The Morgan fingerprint density at radius 3 is 2.48 bits per heavy atom. The molecule has 5 nitrogen and oxygen atoms in total. The second kappa shape index (κ2) is 9.59. The predicted octanol–water partition coefficient (Wildman–Crippen LogP) is 5.96. The Bertz CT molecular complexity index is 1360. The summed E-state index contributed by atoms with van der Waals surface area (Å²) < 4.78 is 1.57. The number of rotatable bonds is 6. The van der Waals surface area contributed by atoms with Crippen molar-refractivity contribution in [1.29, 1.82) is 0 Å². The number of carbonyl (C=O) groups is 1. The molecule has 0 N–H and O–H groups in total. The zero-order chi connectivity index (χ0) is 23.5. The van der Waals surface area contributed by atoms with Crippen LogP contribution in [0.2, 0.25) is 5.02 Å². The number of amides is 1. The van der Waals surface area contributed by atoms with E-state index < -0.39 is 6.04 Å². The summed E-state index contributed by atoms with van der Waals surface area (Å²) in [6.45, 7) is 6.47. The lowest BCUT2D eigenvalue weighted by Crippen LogP contribution is -2.38. The fourth-order valence-corrected chi connectivity index (χ4v) is 4.19. The number of aryl methyl sites for hydroxylation is 1. The average molecular weight is 460 g/mol. The minimum Gasteiger partial charge on any atom is -0.329 e. The molecular weight excluding hydrogens is 434 g/mol. The highest BCUT2D eigenvalue weighted by Gasteiger charge is 2.27. The van der Waals surface area contributed by atoms with Crippen molar-refractivity contribution in [3.63, 3.8) is 0 Å². The summed E-state index contributed by atoms with van der Waals surface area (Å²) in [5.74, 6) is 0.402. The van der Waals surface area contributed by atoms with E-state index in [4.69, 9.17) is 16.6 Å². The van der Waals surface area contributed by atoms with Crippen LogP contribution in [-0.4, -0.2) is 26.9 Å². The topological polar surface area (TPSA) is 55.2 Å². The minimum absolute atomic E-state index is 0.0931. The molecule has 33 heavy (non-hydrogen) atoms. The molecule has 0 spiro atoms. The monoisotopic (exact) mass is 459 g/mol. The number of carbonyl (C=O) groups excluding carboxylic acids is 1. The van der Waals surface area contributed by atoms with Crippen LogP contribution in [0.3, 0.4) is 0 Å². The standard InChI is InChI=1S/C27H26ClN3O2/c1-4-16-30(26(32)20-14-12-18(2)13-15-20)19(3)25-29-24-11-6-5-10-23(24)27(33)31(25)22-9-7-8-21(28)17-22/h5-15,17,19H,4,16H2,1-3H3. The smallest absolute Gasteiger partial charge is 0.266 e. The summed E-state index contributed by atoms with van der Waals surface area (Å²) in [5, 5.41) is 1.03. The molecular formula is C27H26ClN3O2. The maximum atomic E-state index is 13.6. The third-order valence-electron chi connectivity index (χ3n) is 5.73. The Balaban J connectivity index is 1.90. The van der Waals surface area contributed by atoms with E-state index in [1.54, 1.807) is 33.7 Å². The van der Waals surface area contributed by atoms with E-state index in [1.165, 1.54) is 0 Å². The van der Waals surface area contributed by atoms with E-state index in [0.29, 0.717) is 39.5 Å². The molecule has 1 heterocycles. The normalized spacial score (nSPS) is 12.0. The maximum Gasteiger partial charge on any atom is 0.266 e. The van der Waals surface area contributed by atoms with Gasteiger partial charge in [0.2, 0.25) is 0 Å². The quantitative estimate of drug-likeness (QED) is 0.357. The van der Waals surface area contributed by atoms with Crippen LogP contribution in [0.1, 0.15) is 48.1 Å². The van der Waals surface area contributed by atoms with Crippen molar-refractivity contribution in [1.82, 2.24) is 14.5 Å². The third kappa shape index (κ3) is 4.55. The molecule has 0 aliphatic rings. The van der Waals surface area contributed by atoms with Crippen LogP contribution in [0, 0.1) is 6.92 Å². The van der Waals surface area contributed by atoms with Gasteiger partial charge in [-0.3, -0.25) is 14.2 Å². The first kappa shape index (κ1) is 22.7. The van der Waals surface area contributed by atoms with E-state index in [1.807, 2.05) is 69.3 Å². The van der Waals surface area contributed by atoms with Crippen LogP contribution >= 0.6 is 11.6 Å². The molecule has 6 heteroatoms. The molecule has 0 bridgehead atoms. The molecule has 1 atom stereocenters. The molecule has 4 aromatic rings. The van der Waals surface area contributed by atoms with Crippen molar-refractivity contribution in [2.45, 2.75) is 33.2 Å². The Morgan fingerprint density at radius 2 is 1.79 bits per heavy atom. The first-order valence-corrected chi connectivity index (χ1v) is 11.4. The fourth-order valence-electron chi connectivity index (χ4n) is 4.01. The van der Waals surface area contributed by atoms with Gasteiger partial charge >= 0.3 is 0 Å². The van der Waals surface area contributed by atoms with E-state index in [2.05, 4.69) is 0 Å². The SMILES string of the molecule is CCCN(C(=O)c1ccc(C)cc1)C(C)c1nc2ccccc2c(=O)n1-c1cccc(Cl)c1. The average Bonchev–Trinajstić information content (AvgIpc) is 2.82. The van der Waals surface area contributed by atoms with Crippen molar-refractivity contribution in [3.8, 4) is 5.69 Å². The summed E-state index contributed by atoms with van der Waals surface area (Å²) >= 11 is 6.25. The molecule has 0 aliphatic heterocycles. The van der Waals surface area contributed by atoms with E-state index >= 15 is 0 Å². The number of hydrogen-bond acceptors (Lipinski definition) is 3. The van der Waals surface area contributed by atoms with Gasteiger partial charge in [-0.25, -0.2) is 4.98 Å². The minimum atomic E-state index is -0.449. The lowest BCUT2D eigenvalue weighted by molar-refractivity contribution is 0.0681. The van der Waals surface area contributed by atoms with Crippen molar-refractivity contribution in [3.05, 3.63) is 105 Å². The Labute approximate surface area is 198 Å². The van der Waals surface area contributed by atoms with Crippen LogP contribution in [0.4, 0.5) is 0 Å². The number of halogens is 1. The molecule has 4 rings (SSSR count). The van der Waals surface area contributed by atoms with Gasteiger partial charge in [0.1, 0.15) is 5.82 Å². The third-order valence-corrected chi connectivity index (χ3v) is 5.97. The summed E-state index contributed by atoms with van der Waals surface area (Å²) in [5.41, 5.74) is 2.73. The first-order chi connectivity index (χ1) is 15.9.